The molecular weight excluding hydrogens is 259 g/mol. The second-order valence-electron chi connectivity index (χ2n) is 4.35. The molecule has 0 aliphatic carbocycles. The summed E-state index contributed by atoms with van der Waals surface area (Å²) in [6.45, 7) is 0.802. The van der Waals surface area contributed by atoms with E-state index in [1.54, 1.807) is 18.2 Å². The lowest BCUT2D eigenvalue weighted by atomic mass is 10.3. The monoisotopic (exact) mass is 276 g/mol. The molecule has 0 aliphatic heterocycles. The molecule has 0 atom stereocenters. The number of ether oxygens (including phenoxy) is 1. The number of carbonyl (C=O) groups is 1. The van der Waals surface area contributed by atoms with Crippen LogP contribution < -0.4 is 10.1 Å². The molecule has 0 saturated heterocycles. The standard InChI is InChI=1S/C15H17FN2O2/c16-13-6-1-2-7-14(13)20-10-4-8-15(19)18-11-12-5-3-9-17-12/h1-3,5-7,9,17H,4,8,10-11H2,(H,18,19). The van der Waals surface area contributed by atoms with Crippen molar-refractivity contribution in [3.8, 4) is 5.75 Å². The van der Waals surface area contributed by atoms with Gasteiger partial charge in [0.2, 0.25) is 5.91 Å². The highest BCUT2D eigenvalue weighted by Crippen LogP contribution is 2.15. The molecule has 1 heterocycles. The molecule has 1 aromatic heterocycles. The lowest BCUT2D eigenvalue weighted by Gasteiger charge is -2.07. The minimum atomic E-state index is -0.385. The Kier molecular flexibility index (Phi) is 5.17. The van der Waals surface area contributed by atoms with Crippen LogP contribution in [-0.2, 0) is 11.3 Å². The lowest BCUT2D eigenvalue weighted by Crippen LogP contribution is -2.23. The van der Waals surface area contributed by atoms with Gasteiger partial charge in [0.1, 0.15) is 0 Å². The van der Waals surface area contributed by atoms with Crippen LogP contribution in [-0.4, -0.2) is 17.5 Å². The average Bonchev–Trinajstić information content (AvgIpc) is 2.96. The minimum Gasteiger partial charge on any atom is -0.491 e. The molecule has 2 aromatic rings. The highest BCUT2D eigenvalue weighted by molar-refractivity contribution is 5.75. The van der Waals surface area contributed by atoms with Crippen molar-refractivity contribution in [1.82, 2.24) is 10.3 Å². The predicted octanol–water partition coefficient (Wildman–Crippen LogP) is 2.63. The van der Waals surface area contributed by atoms with Crippen molar-refractivity contribution >= 4 is 5.91 Å². The van der Waals surface area contributed by atoms with Crippen LogP contribution in [0.25, 0.3) is 0 Å². The lowest BCUT2D eigenvalue weighted by molar-refractivity contribution is -0.121. The summed E-state index contributed by atoms with van der Waals surface area (Å²) in [4.78, 5) is 14.6. The van der Waals surface area contributed by atoms with Crippen LogP contribution in [0.5, 0.6) is 5.75 Å². The van der Waals surface area contributed by atoms with Gasteiger partial charge in [0.15, 0.2) is 11.6 Å². The van der Waals surface area contributed by atoms with E-state index < -0.39 is 0 Å². The first-order valence-corrected chi connectivity index (χ1v) is 6.52. The number of amides is 1. The molecule has 2 N–H and O–H groups in total. The van der Waals surface area contributed by atoms with Crippen molar-refractivity contribution in [2.75, 3.05) is 6.61 Å². The number of aromatic nitrogens is 1. The molecule has 0 spiro atoms. The van der Waals surface area contributed by atoms with Crippen molar-refractivity contribution in [3.63, 3.8) is 0 Å². The zero-order valence-electron chi connectivity index (χ0n) is 11.1. The molecule has 0 radical (unpaired) electrons. The summed E-state index contributed by atoms with van der Waals surface area (Å²) in [5.74, 6) is -0.209. The third kappa shape index (κ3) is 4.42. The van der Waals surface area contributed by atoms with E-state index in [1.807, 2.05) is 18.3 Å². The Morgan fingerprint density at radius 1 is 1.25 bits per heavy atom. The molecule has 2 rings (SSSR count). The van der Waals surface area contributed by atoms with E-state index in [1.165, 1.54) is 6.07 Å². The number of nitrogens with one attached hydrogen (secondary N) is 2. The van der Waals surface area contributed by atoms with Gasteiger partial charge in [-0.1, -0.05) is 12.1 Å². The van der Waals surface area contributed by atoms with Crippen molar-refractivity contribution in [3.05, 3.63) is 54.1 Å². The second kappa shape index (κ2) is 7.33. The molecule has 0 bridgehead atoms. The van der Waals surface area contributed by atoms with Gasteiger partial charge in [0.25, 0.3) is 0 Å². The van der Waals surface area contributed by atoms with Gasteiger partial charge in [-0.2, -0.15) is 0 Å². The van der Waals surface area contributed by atoms with Gasteiger partial charge in [0.05, 0.1) is 13.2 Å². The normalized spacial score (nSPS) is 10.2. The smallest absolute Gasteiger partial charge is 0.220 e. The maximum absolute atomic E-state index is 13.2. The fraction of sp³-hybridized carbons (Fsp3) is 0.267. The number of carbonyl (C=O) groups excluding carboxylic acids is 1. The van der Waals surface area contributed by atoms with Crippen molar-refractivity contribution in [2.24, 2.45) is 0 Å². The zero-order chi connectivity index (χ0) is 14.2. The van der Waals surface area contributed by atoms with E-state index in [4.69, 9.17) is 4.74 Å². The Labute approximate surface area is 117 Å². The summed E-state index contributed by atoms with van der Waals surface area (Å²) >= 11 is 0. The topological polar surface area (TPSA) is 54.1 Å². The number of hydrogen-bond acceptors (Lipinski definition) is 2. The van der Waals surface area contributed by atoms with Crippen LogP contribution in [0.2, 0.25) is 0 Å². The first-order chi connectivity index (χ1) is 9.75. The van der Waals surface area contributed by atoms with E-state index in [0.717, 1.165) is 5.69 Å². The number of para-hydroxylation sites is 1. The van der Waals surface area contributed by atoms with Gasteiger partial charge in [-0.05, 0) is 30.7 Å². The Balaban J connectivity index is 1.61. The predicted molar refractivity (Wildman–Crippen MR) is 73.8 cm³/mol. The highest BCUT2D eigenvalue weighted by atomic mass is 19.1. The first kappa shape index (κ1) is 14.1. The molecule has 4 nitrogen and oxygen atoms in total. The third-order valence-corrected chi connectivity index (χ3v) is 2.78. The summed E-state index contributed by atoms with van der Waals surface area (Å²) in [7, 11) is 0. The quantitative estimate of drug-likeness (QED) is 0.764. The number of rotatable bonds is 7. The fourth-order valence-electron chi connectivity index (χ4n) is 1.74. The van der Waals surface area contributed by atoms with Crippen LogP contribution >= 0.6 is 0 Å². The van der Waals surface area contributed by atoms with Crippen molar-refractivity contribution in [2.45, 2.75) is 19.4 Å². The first-order valence-electron chi connectivity index (χ1n) is 6.52. The Hall–Kier alpha value is -2.30. The summed E-state index contributed by atoms with van der Waals surface area (Å²) in [5, 5.41) is 2.80. The molecule has 5 heteroatoms. The van der Waals surface area contributed by atoms with E-state index in [-0.39, 0.29) is 17.5 Å². The summed E-state index contributed by atoms with van der Waals surface area (Å²) < 4.78 is 18.5. The third-order valence-electron chi connectivity index (χ3n) is 2.78. The Morgan fingerprint density at radius 3 is 2.85 bits per heavy atom. The summed E-state index contributed by atoms with van der Waals surface area (Å²) in [6, 6.07) is 10.0. The van der Waals surface area contributed by atoms with Gasteiger partial charge < -0.3 is 15.0 Å². The van der Waals surface area contributed by atoms with Crippen LogP contribution in [0, 0.1) is 5.82 Å². The molecule has 106 valence electrons. The molecule has 0 saturated carbocycles. The molecular formula is C15H17FN2O2. The zero-order valence-corrected chi connectivity index (χ0v) is 11.1. The van der Waals surface area contributed by atoms with Crippen LogP contribution in [0.4, 0.5) is 4.39 Å². The van der Waals surface area contributed by atoms with Crippen LogP contribution in [0.3, 0.4) is 0 Å². The van der Waals surface area contributed by atoms with Crippen molar-refractivity contribution in [1.29, 1.82) is 0 Å². The van der Waals surface area contributed by atoms with Gasteiger partial charge in [0, 0.05) is 18.3 Å². The summed E-state index contributed by atoms with van der Waals surface area (Å²) in [6.07, 6.45) is 2.71. The maximum atomic E-state index is 13.2. The summed E-state index contributed by atoms with van der Waals surface area (Å²) in [5.41, 5.74) is 0.959. The van der Waals surface area contributed by atoms with Crippen LogP contribution in [0.1, 0.15) is 18.5 Å². The van der Waals surface area contributed by atoms with E-state index in [9.17, 15) is 9.18 Å². The number of benzene rings is 1. The van der Waals surface area contributed by atoms with Gasteiger partial charge in [-0.3, -0.25) is 4.79 Å². The number of aromatic amines is 1. The SMILES string of the molecule is O=C(CCCOc1ccccc1F)NCc1ccc[nH]1. The van der Waals surface area contributed by atoms with Crippen molar-refractivity contribution < 1.29 is 13.9 Å². The maximum Gasteiger partial charge on any atom is 0.220 e. The van der Waals surface area contributed by atoms with E-state index in [2.05, 4.69) is 10.3 Å². The van der Waals surface area contributed by atoms with E-state index in [0.29, 0.717) is 26.0 Å². The van der Waals surface area contributed by atoms with Gasteiger partial charge >= 0.3 is 0 Å². The molecule has 1 aromatic carbocycles. The largest absolute Gasteiger partial charge is 0.491 e. The number of hydrogen-bond donors (Lipinski definition) is 2. The average molecular weight is 276 g/mol. The molecule has 0 aliphatic rings. The molecule has 1 amide bonds. The Morgan fingerprint density at radius 2 is 2.10 bits per heavy atom. The number of halogens is 1. The minimum absolute atomic E-state index is 0.0447. The van der Waals surface area contributed by atoms with E-state index >= 15 is 0 Å². The fourth-order valence-corrected chi connectivity index (χ4v) is 1.74. The molecule has 0 unspecified atom stereocenters. The Bertz CT molecular complexity index is 541. The van der Waals surface area contributed by atoms with Gasteiger partial charge in [-0.25, -0.2) is 4.39 Å². The highest BCUT2D eigenvalue weighted by Gasteiger charge is 2.04. The molecule has 20 heavy (non-hydrogen) atoms. The molecule has 0 fully saturated rings. The van der Waals surface area contributed by atoms with Gasteiger partial charge in [-0.15, -0.1) is 0 Å². The number of H-pyrrole nitrogens is 1. The second-order valence-corrected chi connectivity index (χ2v) is 4.35. The van der Waals surface area contributed by atoms with Crippen LogP contribution in [0.15, 0.2) is 42.6 Å².